The number of aryl methyl sites for hydroxylation is 1. The predicted molar refractivity (Wildman–Crippen MR) is 64.2 cm³/mol. The smallest absolute Gasteiger partial charge is 0.136 e. The monoisotopic (exact) mass is 231 g/mol. The minimum Gasteiger partial charge on any atom is -0.329 e. The zero-order valence-corrected chi connectivity index (χ0v) is 9.70. The number of hydrogen-bond donors (Lipinski definition) is 1. The van der Waals surface area contributed by atoms with Crippen LogP contribution in [-0.4, -0.2) is 16.5 Å². The van der Waals surface area contributed by atoms with Crippen molar-refractivity contribution in [2.75, 3.05) is 6.54 Å². The van der Waals surface area contributed by atoms with Crippen LogP contribution < -0.4 is 5.73 Å². The number of rotatable bonds is 2. The van der Waals surface area contributed by atoms with Gasteiger partial charge < -0.3 is 5.73 Å². The third-order valence-corrected chi connectivity index (χ3v) is 3.57. The molecule has 2 aromatic rings. The van der Waals surface area contributed by atoms with Crippen LogP contribution in [-0.2, 0) is 5.41 Å². The summed E-state index contributed by atoms with van der Waals surface area (Å²) in [7, 11) is 0. The summed E-state index contributed by atoms with van der Waals surface area (Å²) in [5, 5.41) is 0.779. The Morgan fingerprint density at radius 2 is 2.12 bits per heavy atom. The Balaban J connectivity index is 2.21. The molecule has 4 heteroatoms. The zero-order valence-electron chi connectivity index (χ0n) is 9.70. The van der Waals surface area contributed by atoms with Gasteiger partial charge in [-0.15, -0.1) is 0 Å². The molecule has 1 aliphatic carbocycles. The van der Waals surface area contributed by atoms with Gasteiger partial charge in [-0.3, -0.25) is 0 Å². The van der Waals surface area contributed by atoms with Crippen molar-refractivity contribution in [1.29, 1.82) is 0 Å². The van der Waals surface area contributed by atoms with E-state index in [1.165, 1.54) is 12.1 Å². The molecule has 1 aliphatic rings. The summed E-state index contributed by atoms with van der Waals surface area (Å²) >= 11 is 0. The largest absolute Gasteiger partial charge is 0.329 e. The van der Waals surface area contributed by atoms with E-state index < -0.39 is 0 Å². The standard InChI is InChI=1S/C13H14FN3/c1-8-10-6-9(14)2-3-11(10)17-12(16-8)13(7-15)4-5-13/h2-3,6H,4-5,7,15H2,1H3. The average Bonchev–Trinajstić information content (AvgIpc) is 3.11. The van der Waals surface area contributed by atoms with Crippen LogP contribution in [0.15, 0.2) is 18.2 Å². The van der Waals surface area contributed by atoms with E-state index in [0.29, 0.717) is 6.54 Å². The zero-order chi connectivity index (χ0) is 12.0. The molecule has 3 nitrogen and oxygen atoms in total. The lowest BCUT2D eigenvalue weighted by Gasteiger charge is -2.12. The van der Waals surface area contributed by atoms with E-state index in [-0.39, 0.29) is 11.2 Å². The highest BCUT2D eigenvalue weighted by Crippen LogP contribution is 2.45. The van der Waals surface area contributed by atoms with Crippen LogP contribution in [0, 0.1) is 12.7 Å². The highest BCUT2D eigenvalue weighted by atomic mass is 19.1. The van der Waals surface area contributed by atoms with Crippen LogP contribution in [0.5, 0.6) is 0 Å². The molecule has 1 saturated carbocycles. The van der Waals surface area contributed by atoms with Gasteiger partial charge in [0.1, 0.15) is 11.6 Å². The lowest BCUT2D eigenvalue weighted by atomic mass is 10.1. The molecule has 17 heavy (non-hydrogen) atoms. The summed E-state index contributed by atoms with van der Waals surface area (Å²) in [6.07, 6.45) is 2.10. The molecule has 2 N–H and O–H groups in total. The summed E-state index contributed by atoms with van der Waals surface area (Å²) < 4.78 is 13.2. The summed E-state index contributed by atoms with van der Waals surface area (Å²) in [5.74, 6) is 0.563. The molecule has 0 bridgehead atoms. The van der Waals surface area contributed by atoms with E-state index in [1.807, 2.05) is 6.92 Å². The first kappa shape index (κ1) is 10.6. The quantitative estimate of drug-likeness (QED) is 0.860. The highest BCUT2D eigenvalue weighted by molar-refractivity contribution is 5.80. The van der Waals surface area contributed by atoms with E-state index in [0.717, 1.165) is 35.3 Å². The molecular formula is C13H14FN3. The third-order valence-electron chi connectivity index (χ3n) is 3.57. The number of hydrogen-bond acceptors (Lipinski definition) is 3. The molecule has 0 atom stereocenters. The van der Waals surface area contributed by atoms with E-state index in [4.69, 9.17) is 5.73 Å². The van der Waals surface area contributed by atoms with Crippen molar-refractivity contribution >= 4 is 10.9 Å². The summed E-state index contributed by atoms with van der Waals surface area (Å²) in [6, 6.07) is 4.62. The van der Waals surface area contributed by atoms with Crippen molar-refractivity contribution in [1.82, 2.24) is 9.97 Å². The van der Waals surface area contributed by atoms with Crippen molar-refractivity contribution in [2.24, 2.45) is 5.73 Å². The maximum Gasteiger partial charge on any atom is 0.136 e. The number of fused-ring (bicyclic) bond motifs is 1. The molecule has 0 radical (unpaired) electrons. The number of benzene rings is 1. The Morgan fingerprint density at radius 3 is 2.76 bits per heavy atom. The van der Waals surface area contributed by atoms with E-state index in [9.17, 15) is 4.39 Å². The van der Waals surface area contributed by atoms with Crippen LogP contribution in [0.1, 0.15) is 24.4 Å². The Labute approximate surface area is 98.9 Å². The van der Waals surface area contributed by atoms with Gasteiger partial charge in [0.15, 0.2) is 0 Å². The van der Waals surface area contributed by atoms with Gasteiger partial charge >= 0.3 is 0 Å². The minimum absolute atomic E-state index is 0.0205. The average molecular weight is 231 g/mol. The molecule has 0 spiro atoms. The summed E-state index contributed by atoms with van der Waals surface area (Å²) in [5.41, 5.74) is 7.38. The van der Waals surface area contributed by atoms with Crippen molar-refractivity contribution in [3.05, 3.63) is 35.5 Å². The van der Waals surface area contributed by atoms with Gasteiger partial charge in [0.2, 0.25) is 0 Å². The fourth-order valence-corrected chi connectivity index (χ4v) is 2.16. The topological polar surface area (TPSA) is 51.8 Å². The van der Waals surface area contributed by atoms with E-state index in [1.54, 1.807) is 6.07 Å². The van der Waals surface area contributed by atoms with Crippen LogP contribution in [0.4, 0.5) is 4.39 Å². The molecule has 0 amide bonds. The molecular weight excluding hydrogens is 217 g/mol. The number of aromatic nitrogens is 2. The van der Waals surface area contributed by atoms with Gasteiger partial charge in [-0.2, -0.15) is 0 Å². The molecule has 0 unspecified atom stereocenters. The van der Waals surface area contributed by atoms with Crippen molar-refractivity contribution in [2.45, 2.75) is 25.2 Å². The normalized spacial score (nSPS) is 17.4. The van der Waals surface area contributed by atoms with Crippen LogP contribution in [0.3, 0.4) is 0 Å². The molecule has 1 aromatic heterocycles. The number of halogens is 1. The van der Waals surface area contributed by atoms with E-state index >= 15 is 0 Å². The van der Waals surface area contributed by atoms with Crippen LogP contribution >= 0.6 is 0 Å². The molecule has 3 rings (SSSR count). The predicted octanol–water partition coefficient (Wildman–Crippen LogP) is 2.07. The maximum atomic E-state index is 13.2. The van der Waals surface area contributed by atoms with Crippen molar-refractivity contribution in [3.8, 4) is 0 Å². The van der Waals surface area contributed by atoms with Crippen LogP contribution in [0.2, 0.25) is 0 Å². The first-order chi connectivity index (χ1) is 8.14. The molecule has 1 fully saturated rings. The van der Waals surface area contributed by atoms with Gasteiger partial charge in [0.05, 0.1) is 5.52 Å². The minimum atomic E-state index is -0.253. The molecule has 88 valence electrons. The van der Waals surface area contributed by atoms with Crippen molar-refractivity contribution < 1.29 is 4.39 Å². The lowest BCUT2D eigenvalue weighted by Crippen LogP contribution is -2.22. The van der Waals surface area contributed by atoms with Gasteiger partial charge in [-0.25, -0.2) is 14.4 Å². The lowest BCUT2D eigenvalue weighted by molar-refractivity contribution is 0.628. The Kier molecular flexibility index (Phi) is 2.16. The van der Waals surface area contributed by atoms with Crippen LogP contribution in [0.25, 0.3) is 10.9 Å². The van der Waals surface area contributed by atoms with E-state index in [2.05, 4.69) is 9.97 Å². The third kappa shape index (κ3) is 1.60. The maximum absolute atomic E-state index is 13.2. The second kappa shape index (κ2) is 3.47. The second-order valence-electron chi connectivity index (χ2n) is 4.78. The first-order valence-electron chi connectivity index (χ1n) is 5.79. The molecule has 1 aromatic carbocycles. The van der Waals surface area contributed by atoms with Gasteiger partial charge in [-0.1, -0.05) is 0 Å². The van der Waals surface area contributed by atoms with Gasteiger partial charge in [0, 0.05) is 23.0 Å². The highest BCUT2D eigenvalue weighted by Gasteiger charge is 2.46. The first-order valence-corrected chi connectivity index (χ1v) is 5.79. The molecule has 1 heterocycles. The van der Waals surface area contributed by atoms with Crippen molar-refractivity contribution in [3.63, 3.8) is 0 Å². The Bertz CT molecular complexity index is 590. The number of nitrogens with zero attached hydrogens (tertiary/aromatic N) is 2. The fourth-order valence-electron chi connectivity index (χ4n) is 2.16. The van der Waals surface area contributed by atoms with Gasteiger partial charge in [0.25, 0.3) is 0 Å². The SMILES string of the molecule is Cc1nc(C2(CN)CC2)nc2ccc(F)cc12. The Morgan fingerprint density at radius 1 is 1.35 bits per heavy atom. The number of nitrogens with two attached hydrogens (primary N) is 1. The molecule has 0 aliphatic heterocycles. The Hall–Kier alpha value is -1.55. The molecule has 0 saturated heterocycles. The van der Waals surface area contributed by atoms with Gasteiger partial charge in [-0.05, 0) is 38.0 Å². The summed E-state index contributed by atoms with van der Waals surface area (Å²) in [4.78, 5) is 9.01. The fraction of sp³-hybridized carbons (Fsp3) is 0.385. The summed E-state index contributed by atoms with van der Waals surface area (Å²) in [6.45, 7) is 2.47. The second-order valence-corrected chi connectivity index (χ2v) is 4.78.